The molecule has 0 aromatic heterocycles. The predicted octanol–water partition coefficient (Wildman–Crippen LogP) is 5.48. The van der Waals surface area contributed by atoms with Gasteiger partial charge in [-0.2, -0.15) is 0 Å². The van der Waals surface area contributed by atoms with E-state index >= 15 is 0 Å². The minimum atomic E-state index is -0.135. The van der Waals surface area contributed by atoms with Gasteiger partial charge in [0.15, 0.2) is 0 Å². The zero-order valence-corrected chi connectivity index (χ0v) is 17.4. The molecule has 1 aromatic carbocycles. The van der Waals surface area contributed by atoms with Crippen LogP contribution in [0.25, 0.3) is 0 Å². The maximum atomic E-state index is 10.8. The highest BCUT2D eigenvalue weighted by molar-refractivity contribution is 5.37. The van der Waals surface area contributed by atoms with E-state index in [2.05, 4.69) is 49.2 Å². The number of benzene rings is 1. The van der Waals surface area contributed by atoms with Crippen LogP contribution < -0.4 is 0 Å². The highest BCUT2D eigenvalue weighted by atomic mass is 16.5. The molecule has 1 saturated heterocycles. The van der Waals surface area contributed by atoms with Crippen LogP contribution in [0.2, 0.25) is 0 Å². The molecule has 3 rings (SSSR count). The molecule has 152 valence electrons. The molecule has 0 spiro atoms. The number of piperidine rings is 1. The Kier molecular flexibility index (Phi) is 7.12. The summed E-state index contributed by atoms with van der Waals surface area (Å²) in [6.45, 7) is 15.0. The summed E-state index contributed by atoms with van der Waals surface area (Å²) in [5, 5.41) is 0. The van der Waals surface area contributed by atoms with E-state index in [0.717, 1.165) is 25.8 Å². The number of carbonyl (C=O) groups excluding carboxylic acids is 1. The first-order valence-electron chi connectivity index (χ1n) is 10.7. The van der Waals surface area contributed by atoms with Gasteiger partial charge in [-0.1, -0.05) is 48.9 Å². The van der Waals surface area contributed by atoms with E-state index in [9.17, 15) is 4.79 Å². The first kappa shape index (κ1) is 20.9. The Morgan fingerprint density at radius 1 is 1.25 bits per heavy atom. The Morgan fingerprint density at radius 3 is 2.57 bits per heavy atom. The van der Waals surface area contributed by atoms with Crippen molar-refractivity contribution >= 4 is 6.47 Å². The second-order valence-electron chi connectivity index (χ2n) is 8.85. The van der Waals surface area contributed by atoms with Crippen molar-refractivity contribution in [3.8, 4) is 0 Å². The number of hydrogen-bond donors (Lipinski definition) is 0. The Bertz CT molecular complexity index is 674. The average Bonchev–Trinajstić information content (AvgIpc) is 2.73. The van der Waals surface area contributed by atoms with E-state index in [4.69, 9.17) is 4.74 Å². The first-order valence-corrected chi connectivity index (χ1v) is 10.7. The van der Waals surface area contributed by atoms with Crippen LogP contribution >= 0.6 is 0 Å². The maximum Gasteiger partial charge on any atom is 0.293 e. The fourth-order valence-corrected chi connectivity index (χ4v) is 5.09. The third-order valence-electron chi connectivity index (χ3n) is 6.83. The van der Waals surface area contributed by atoms with Crippen LogP contribution in [0.15, 0.2) is 49.1 Å². The molecule has 0 unspecified atom stereocenters. The lowest BCUT2D eigenvalue weighted by Crippen LogP contribution is -2.35. The maximum absolute atomic E-state index is 10.8. The lowest BCUT2D eigenvalue weighted by Gasteiger charge is -2.43. The van der Waals surface area contributed by atoms with Gasteiger partial charge < -0.3 is 4.74 Å². The molecule has 3 atom stereocenters. The third-order valence-corrected chi connectivity index (χ3v) is 6.83. The first-order chi connectivity index (χ1) is 13.6. The fourth-order valence-electron chi connectivity index (χ4n) is 5.09. The van der Waals surface area contributed by atoms with E-state index in [0.29, 0.717) is 24.9 Å². The quantitative estimate of drug-likeness (QED) is 0.441. The topological polar surface area (TPSA) is 29.5 Å². The minimum Gasteiger partial charge on any atom is -0.467 e. The van der Waals surface area contributed by atoms with Crippen molar-refractivity contribution < 1.29 is 9.53 Å². The van der Waals surface area contributed by atoms with Crippen molar-refractivity contribution in [1.82, 2.24) is 4.90 Å². The van der Waals surface area contributed by atoms with Crippen molar-refractivity contribution in [2.75, 3.05) is 19.7 Å². The number of likely N-dealkylation sites (tertiary alicyclic amines) is 1. The van der Waals surface area contributed by atoms with Crippen molar-refractivity contribution in [2.24, 2.45) is 11.3 Å². The summed E-state index contributed by atoms with van der Waals surface area (Å²) < 4.78 is 5.17. The number of nitrogens with zero attached hydrogens (tertiary/aromatic N) is 1. The molecular weight excluding hydrogens is 346 g/mol. The molecule has 2 fully saturated rings. The third kappa shape index (κ3) is 4.94. The Morgan fingerprint density at radius 2 is 1.96 bits per heavy atom. The number of carbonyl (C=O) groups is 1. The molecule has 1 heterocycles. The number of ether oxygens (including phenoxy) is 1. The zero-order valence-electron chi connectivity index (χ0n) is 17.4. The minimum absolute atomic E-state index is 0.135. The van der Waals surface area contributed by atoms with Gasteiger partial charge in [0.25, 0.3) is 6.47 Å². The molecule has 1 aliphatic heterocycles. The number of rotatable bonds is 8. The number of hydrogen-bond acceptors (Lipinski definition) is 3. The second kappa shape index (κ2) is 9.56. The molecule has 0 radical (unpaired) electrons. The van der Waals surface area contributed by atoms with Gasteiger partial charge in [0.1, 0.15) is 6.61 Å². The average molecular weight is 382 g/mol. The predicted molar refractivity (Wildman–Crippen MR) is 115 cm³/mol. The van der Waals surface area contributed by atoms with Crippen LogP contribution in [-0.2, 0) is 16.1 Å². The summed E-state index contributed by atoms with van der Waals surface area (Å²) >= 11 is 0. The molecule has 3 nitrogen and oxygen atoms in total. The second-order valence-corrected chi connectivity index (χ2v) is 8.85. The standard InChI is InChI=1S/C25H35NO2/c1-4-25(18-28-19-27)13-12-23(20(2)3)24(16-25)22-10-8-21(9-11-22)17-26-14-6-5-7-15-26/h4,8-11,19,23-24H,1-2,5-7,12-18H2,3H3/t23-,24-,25-/m0/s1. The molecule has 0 bridgehead atoms. The lowest BCUT2D eigenvalue weighted by molar-refractivity contribution is -0.132. The van der Waals surface area contributed by atoms with Gasteiger partial charge in [-0.15, -0.1) is 6.58 Å². The summed E-state index contributed by atoms with van der Waals surface area (Å²) in [7, 11) is 0. The van der Waals surface area contributed by atoms with Crippen molar-refractivity contribution in [2.45, 2.75) is 57.9 Å². The van der Waals surface area contributed by atoms with Crippen LogP contribution in [0.3, 0.4) is 0 Å². The van der Waals surface area contributed by atoms with Gasteiger partial charge >= 0.3 is 0 Å². The molecule has 0 amide bonds. The molecule has 0 N–H and O–H groups in total. The van der Waals surface area contributed by atoms with Gasteiger partial charge in [0, 0.05) is 12.0 Å². The Labute approximate surface area is 170 Å². The van der Waals surface area contributed by atoms with Gasteiger partial charge in [0.2, 0.25) is 0 Å². The zero-order chi connectivity index (χ0) is 20.0. The summed E-state index contributed by atoms with van der Waals surface area (Å²) in [4.78, 5) is 13.3. The Hall–Kier alpha value is -1.87. The van der Waals surface area contributed by atoms with E-state index in [1.165, 1.54) is 49.1 Å². The highest BCUT2D eigenvalue weighted by Crippen LogP contribution is 2.50. The fraction of sp³-hybridized carbons (Fsp3) is 0.560. The molecule has 28 heavy (non-hydrogen) atoms. The summed E-state index contributed by atoms with van der Waals surface area (Å²) in [5.74, 6) is 0.862. The van der Waals surface area contributed by atoms with Crippen LogP contribution in [0.5, 0.6) is 0 Å². The van der Waals surface area contributed by atoms with Gasteiger partial charge in [0.05, 0.1) is 0 Å². The molecule has 3 heteroatoms. The molecular formula is C25H35NO2. The largest absolute Gasteiger partial charge is 0.467 e. The van der Waals surface area contributed by atoms with E-state index in [1.807, 2.05) is 6.08 Å². The van der Waals surface area contributed by atoms with Gasteiger partial charge in [-0.3, -0.25) is 9.69 Å². The normalized spacial score (nSPS) is 28.5. The smallest absolute Gasteiger partial charge is 0.293 e. The molecule has 2 aliphatic rings. The van der Waals surface area contributed by atoms with Crippen LogP contribution in [0.1, 0.15) is 62.5 Å². The summed E-state index contributed by atoms with van der Waals surface area (Å²) in [6, 6.07) is 9.20. The van der Waals surface area contributed by atoms with E-state index in [-0.39, 0.29) is 5.41 Å². The van der Waals surface area contributed by atoms with Gasteiger partial charge in [-0.05, 0) is 75.1 Å². The number of allylic oxidation sites excluding steroid dienone is 1. The monoisotopic (exact) mass is 381 g/mol. The Balaban J connectivity index is 1.75. The van der Waals surface area contributed by atoms with Crippen LogP contribution in [0.4, 0.5) is 0 Å². The van der Waals surface area contributed by atoms with E-state index in [1.54, 1.807) is 0 Å². The van der Waals surface area contributed by atoms with Crippen LogP contribution in [-0.4, -0.2) is 31.1 Å². The highest BCUT2D eigenvalue weighted by Gasteiger charge is 2.40. The lowest BCUT2D eigenvalue weighted by atomic mass is 9.62. The summed E-state index contributed by atoms with van der Waals surface area (Å²) in [5.41, 5.74) is 3.88. The van der Waals surface area contributed by atoms with Crippen LogP contribution in [0, 0.1) is 11.3 Å². The van der Waals surface area contributed by atoms with Crippen molar-refractivity contribution in [3.63, 3.8) is 0 Å². The molecule has 1 aliphatic carbocycles. The van der Waals surface area contributed by atoms with Crippen molar-refractivity contribution in [3.05, 3.63) is 60.2 Å². The molecule has 1 saturated carbocycles. The van der Waals surface area contributed by atoms with E-state index < -0.39 is 0 Å². The SMILES string of the molecule is C=C[C@]1(COC=O)CC[C@@H](C(=C)C)[C@H](c2ccc(CN3CCCCC3)cc2)C1. The molecule has 1 aromatic rings. The summed E-state index contributed by atoms with van der Waals surface area (Å²) in [6.07, 6.45) is 9.03. The van der Waals surface area contributed by atoms with Gasteiger partial charge in [-0.25, -0.2) is 0 Å². The van der Waals surface area contributed by atoms with Crippen molar-refractivity contribution in [1.29, 1.82) is 0 Å².